The fourth-order valence-corrected chi connectivity index (χ4v) is 3.87. The molecule has 148 valence electrons. The molecule has 1 N–H and O–H groups in total. The summed E-state index contributed by atoms with van der Waals surface area (Å²) in [6.07, 6.45) is 3.58. The van der Waals surface area contributed by atoms with Crippen molar-refractivity contribution in [1.82, 2.24) is 5.32 Å². The molecule has 0 aromatic heterocycles. The van der Waals surface area contributed by atoms with Crippen LogP contribution in [0.2, 0.25) is 0 Å². The topological polar surface area (TPSA) is 61.9 Å². The lowest BCUT2D eigenvalue weighted by Crippen LogP contribution is -2.54. The molecule has 2 aromatic rings. The number of rotatable bonds is 4. The van der Waals surface area contributed by atoms with Crippen LogP contribution in [0.5, 0.6) is 5.75 Å². The molecule has 0 unspecified atom stereocenters. The van der Waals surface area contributed by atoms with Crippen molar-refractivity contribution in [2.75, 3.05) is 23.0 Å². The number of nitrogens with zero attached hydrogens (tertiary/aromatic N) is 2. The highest BCUT2D eigenvalue weighted by Crippen LogP contribution is 2.29. The molecule has 1 saturated heterocycles. The molecular weight excluding hydrogens is 386 g/mol. The van der Waals surface area contributed by atoms with E-state index in [0.717, 1.165) is 25.1 Å². The standard InChI is InChI=1S/C22H21N3O3S/c1-2-28-17-11-9-16(10-12-17)25-21(27)18(20(26)23-22(25)29)14-24-13-5-7-15-6-3-4-8-19(15)24/h3-4,6,8-12,14H,2,5,7,13H2,1H3,(H,23,26,29)/b18-14+. The SMILES string of the molecule is CCOc1ccc(N2C(=O)/C(=C/N3CCCc4ccccc43)C(=O)NC2=S)cc1. The van der Waals surface area contributed by atoms with E-state index in [9.17, 15) is 9.59 Å². The second kappa shape index (κ2) is 8.05. The predicted octanol–water partition coefficient (Wildman–Crippen LogP) is 3.17. The van der Waals surface area contributed by atoms with Crippen molar-refractivity contribution < 1.29 is 14.3 Å². The van der Waals surface area contributed by atoms with E-state index in [-0.39, 0.29) is 10.7 Å². The molecular formula is C22H21N3O3S. The van der Waals surface area contributed by atoms with Gasteiger partial charge in [0, 0.05) is 18.4 Å². The molecule has 1 fully saturated rings. The van der Waals surface area contributed by atoms with Gasteiger partial charge in [-0.25, -0.2) is 0 Å². The minimum atomic E-state index is -0.481. The number of thiocarbonyl (C=S) groups is 1. The number of anilines is 2. The van der Waals surface area contributed by atoms with E-state index in [1.54, 1.807) is 30.5 Å². The number of para-hydroxylation sites is 1. The van der Waals surface area contributed by atoms with Gasteiger partial charge in [-0.05, 0) is 67.9 Å². The number of hydrogen-bond donors (Lipinski definition) is 1. The number of nitrogens with one attached hydrogen (secondary N) is 1. The molecule has 0 spiro atoms. The average Bonchev–Trinajstić information content (AvgIpc) is 2.72. The summed E-state index contributed by atoms with van der Waals surface area (Å²) in [5.41, 5.74) is 2.86. The van der Waals surface area contributed by atoms with Gasteiger partial charge in [-0.15, -0.1) is 0 Å². The van der Waals surface area contributed by atoms with Gasteiger partial charge in [0.25, 0.3) is 11.8 Å². The summed E-state index contributed by atoms with van der Waals surface area (Å²) in [6.45, 7) is 3.21. The molecule has 0 aliphatic carbocycles. The van der Waals surface area contributed by atoms with Gasteiger partial charge >= 0.3 is 0 Å². The largest absolute Gasteiger partial charge is 0.494 e. The van der Waals surface area contributed by atoms with E-state index in [1.807, 2.05) is 30.0 Å². The molecule has 0 bridgehead atoms. The Bertz CT molecular complexity index is 1000. The zero-order valence-corrected chi connectivity index (χ0v) is 16.9. The number of ether oxygens (including phenoxy) is 1. The summed E-state index contributed by atoms with van der Waals surface area (Å²) in [4.78, 5) is 29.1. The maximum atomic E-state index is 13.2. The molecule has 2 amide bonds. The van der Waals surface area contributed by atoms with Gasteiger partial charge in [0.05, 0.1) is 12.3 Å². The number of hydrogen-bond acceptors (Lipinski definition) is 5. The molecule has 0 saturated carbocycles. The van der Waals surface area contributed by atoms with Crippen LogP contribution in [0.4, 0.5) is 11.4 Å². The third kappa shape index (κ3) is 3.73. The van der Waals surface area contributed by atoms with Crippen LogP contribution in [0, 0.1) is 0 Å². The molecule has 0 radical (unpaired) electrons. The zero-order chi connectivity index (χ0) is 20.4. The fraction of sp³-hybridized carbons (Fsp3) is 0.227. The number of carbonyl (C=O) groups excluding carboxylic acids is 2. The average molecular weight is 407 g/mol. The molecule has 4 rings (SSSR count). The minimum absolute atomic E-state index is 0.0594. The number of amides is 2. The summed E-state index contributed by atoms with van der Waals surface area (Å²) in [6, 6.07) is 15.1. The first kappa shape index (κ1) is 19.1. The molecule has 2 aliphatic heterocycles. The van der Waals surface area contributed by atoms with Crippen molar-refractivity contribution in [2.45, 2.75) is 19.8 Å². The summed E-state index contributed by atoms with van der Waals surface area (Å²) in [5.74, 6) is -0.215. The lowest BCUT2D eigenvalue weighted by molar-refractivity contribution is -0.122. The molecule has 2 aliphatic rings. The highest BCUT2D eigenvalue weighted by molar-refractivity contribution is 7.80. The Kier molecular flexibility index (Phi) is 5.31. The number of aryl methyl sites for hydroxylation is 1. The van der Waals surface area contributed by atoms with E-state index in [4.69, 9.17) is 17.0 Å². The van der Waals surface area contributed by atoms with Crippen LogP contribution < -0.4 is 19.9 Å². The summed E-state index contributed by atoms with van der Waals surface area (Å²) < 4.78 is 5.45. The van der Waals surface area contributed by atoms with Gasteiger partial charge in [-0.2, -0.15) is 0 Å². The first-order chi connectivity index (χ1) is 14.1. The normalized spacial score (nSPS) is 18.0. The highest BCUT2D eigenvalue weighted by Gasteiger charge is 2.35. The fourth-order valence-electron chi connectivity index (χ4n) is 3.59. The first-order valence-electron chi connectivity index (χ1n) is 9.57. The van der Waals surface area contributed by atoms with Crippen molar-refractivity contribution in [3.8, 4) is 5.75 Å². The third-order valence-corrected chi connectivity index (χ3v) is 5.22. The van der Waals surface area contributed by atoms with Crippen LogP contribution >= 0.6 is 12.2 Å². The lowest BCUT2D eigenvalue weighted by atomic mass is 10.0. The van der Waals surface area contributed by atoms with E-state index < -0.39 is 11.8 Å². The second-order valence-corrected chi connectivity index (χ2v) is 7.18. The van der Waals surface area contributed by atoms with Crippen LogP contribution in [0.15, 0.2) is 60.3 Å². The van der Waals surface area contributed by atoms with Crippen LogP contribution in [0.25, 0.3) is 0 Å². The van der Waals surface area contributed by atoms with Crippen molar-refractivity contribution in [3.05, 3.63) is 65.9 Å². The molecule has 6 nitrogen and oxygen atoms in total. The van der Waals surface area contributed by atoms with Crippen LogP contribution in [-0.4, -0.2) is 30.1 Å². The highest BCUT2D eigenvalue weighted by atomic mass is 32.1. The van der Waals surface area contributed by atoms with E-state index in [1.165, 1.54) is 10.5 Å². The molecule has 29 heavy (non-hydrogen) atoms. The van der Waals surface area contributed by atoms with Gasteiger partial charge in [-0.1, -0.05) is 18.2 Å². The summed E-state index contributed by atoms with van der Waals surface area (Å²) in [5, 5.41) is 2.70. The summed E-state index contributed by atoms with van der Waals surface area (Å²) >= 11 is 5.27. The molecule has 7 heteroatoms. The van der Waals surface area contributed by atoms with Crippen molar-refractivity contribution >= 4 is 40.5 Å². The summed E-state index contributed by atoms with van der Waals surface area (Å²) in [7, 11) is 0. The Labute approximate surface area is 174 Å². The number of fused-ring (bicyclic) bond motifs is 1. The minimum Gasteiger partial charge on any atom is -0.494 e. The van der Waals surface area contributed by atoms with Crippen molar-refractivity contribution in [2.24, 2.45) is 0 Å². The lowest BCUT2D eigenvalue weighted by Gasteiger charge is -2.32. The maximum absolute atomic E-state index is 13.2. The van der Waals surface area contributed by atoms with Crippen molar-refractivity contribution in [1.29, 1.82) is 0 Å². The number of benzene rings is 2. The Hall–Kier alpha value is -3.19. The Morgan fingerprint density at radius 3 is 2.66 bits per heavy atom. The zero-order valence-electron chi connectivity index (χ0n) is 16.1. The van der Waals surface area contributed by atoms with Crippen LogP contribution in [0.1, 0.15) is 18.9 Å². The van der Waals surface area contributed by atoms with Crippen LogP contribution in [0.3, 0.4) is 0 Å². The van der Waals surface area contributed by atoms with Crippen LogP contribution in [-0.2, 0) is 16.0 Å². The van der Waals surface area contributed by atoms with E-state index in [2.05, 4.69) is 11.4 Å². The molecule has 2 aromatic carbocycles. The van der Waals surface area contributed by atoms with E-state index >= 15 is 0 Å². The van der Waals surface area contributed by atoms with E-state index in [0.29, 0.717) is 18.0 Å². The smallest absolute Gasteiger partial charge is 0.271 e. The van der Waals surface area contributed by atoms with Gasteiger partial charge in [0.2, 0.25) is 0 Å². The Balaban J connectivity index is 1.66. The van der Waals surface area contributed by atoms with Crippen molar-refractivity contribution in [3.63, 3.8) is 0 Å². The molecule has 0 atom stereocenters. The first-order valence-corrected chi connectivity index (χ1v) is 9.98. The Morgan fingerprint density at radius 2 is 1.90 bits per heavy atom. The number of carbonyl (C=O) groups is 2. The third-order valence-electron chi connectivity index (χ3n) is 4.94. The van der Waals surface area contributed by atoms with Gasteiger partial charge < -0.3 is 9.64 Å². The predicted molar refractivity (Wildman–Crippen MR) is 116 cm³/mol. The maximum Gasteiger partial charge on any atom is 0.271 e. The quantitative estimate of drug-likeness (QED) is 0.479. The van der Waals surface area contributed by atoms with Gasteiger partial charge in [0.15, 0.2) is 5.11 Å². The molecule has 2 heterocycles. The Morgan fingerprint density at radius 1 is 1.14 bits per heavy atom. The monoisotopic (exact) mass is 407 g/mol. The van der Waals surface area contributed by atoms with Gasteiger partial charge in [-0.3, -0.25) is 19.8 Å². The van der Waals surface area contributed by atoms with Gasteiger partial charge in [0.1, 0.15) is 11.3 Å². The second-order valence-electron chi connectivity index (χ2n) is 6.80.